The van der Waals surface area contributed by atoms with E-state index in [1.54, 1.807) is 0 Å². The highest BCUT2D eigenvalue weighted by molar-refractivity contribution is 5.71. The molecule has 346 valence electrons. The maximum absolute atomic E-state index is 12.8. The van der Waals surface area contributed by atoms with Crippen molar-refractivity contribution in [2.45, 2.75) is 284 Å². The van der Waals surface area contributed by atoms with Crippen LogP contribution in [0.4, 0.5) is 0 Å². The molecule has 0 fully saturated rings. The van der Waals surface area contributed by atoms with E-state index >= 15 is 0 Å². The van der Waals surface area contributed by atoms with Crippen LogP contribution >= 0.6 is 0 Å². The van der Waals surface area contributed by atoms with E-state index in [0.29, 0.717) is 19.3 Å². The summed E-state index contributed by atoms with van der Waals surface area (Å²) >= 11 is 0. The summed E-state index contributed by atoms with van der Waals surface area (Å²) in [6.07, 6.45) is 54.5. The third-order valence-electron chi connectivity index (χ3n) is 11.4. The highest BCUT2D eigenvalue weighted by atomic mass is 16.6. The summed E-state index contributed by atoms with van der Waals surface area (Å²) in [5, 5.41) is 0. The van der Waals surface area contributed by atoms with Crippen molar-refractivity contribution in [1.29, 1.82) is 0 Å². The minimum absolute atomic E-state index is 0.0742. The molecule has 0 aliphatic heterocycles. The molecule has 0 radical (unpaired) electrons. The number of carbonyl (C=O) groups excluding carboxylic acids is 3. The second kappa shape index (κ2) is 48.6. The Hall–Kier alpha value is -2.11. The lowest BCUT2D eigenvalue weighted by Crippen LogP contribution is -2.30. The molecule has 59 heavy (non-hydrogen) atoms. The minimum Gasteiger partial charge on any atom is -0.462 e. The van der Waals surface area contributed by atoms with Crippen molar-refractivity contribution in [3.63, 3.8) is 0 Å². The highest BCUT2D eigenvalue weighted by Gasteiger charge is 2.19. The molecule has 0 heterocycles. The van der Waals surface area contributed by atoms with Gasteiger partial charge in [-0.25, -0.2) is 0 Å². The van der Waals surface area contributed by atoms with Crippen molar-refractivity contribution in [1.82, 2.24) is 0 Å². The van der Waals surface area contributed by atoms with Gasteiger partial charge >= 0.3 is 17.9 Å². The van der Waals surface area contributed by atoms with Crippen molar-refractivity contribution < 1.29 is 28.6 Å². The number of esters is 3. The van der Waals surface area contributed by atoms with Gasteiger partial charge in [0.15, 0.2) is 6.10 Å². The van der Waals surface area contributed by atoms with Crippen molar-refractivity contribution >= 4 is 17.9 Å². The number of ether oxygens (including phenoxy) is 3. The molecule has 0 aromatic rings. The number of rotatable bonds is 47. The Bertz CT molecular complexity index is 958. The summed E-state index contributed by atoms with van der Waals surface area (Å²) in [5.41, 5.74) is 0. The molecule has 6 heteroatoms. The van der Waals surface area contributed by atoms with Gasteiger partial charge < -0.3 is 14.2 Å². The van der Waals surface area contributed by atoms with Gasteiger partial charge in [0.2, 0.25) is 0 Å². The van der Waals surface area contributed by atoms with Crippen LogP contribution < -0.4 is 0 Å². The average molecular weight is 831 g/mol. The first-order valence-electron chi connectivity index (χ1n) is 25.8. The van der Waals surface area contributed by atoms with Crippen LogP contribution in [0.1, 0.15) is 278 Å². The second-order valence-electron chi connectivity index (χ2n) is 17.4. The van der Waals surface area contributed by atoms with Gasteiger partial charge in [-0.05, 0) is 70.6 Å². The van der Waals surface area contributed by atoms with E-state index in [1.807, 2.05) is 0 Å². The zero-order valence-electron chi connectivity index (χ0n) is 39.5. The predicted molar refractivity (Wildman–Crippen MR) is 252 cm³/mol. The Labute approximate surface area is 366 Å². The second-order valence-corrected chi connectivity index (χ2v) is 17.4. The van der Waals surface area contributed by atoms with Crippen LogP contribution in [0.3, 0.4) is 0 Å². The summed E-state index contributed by atoms with van der Waals surface area (Å²) in [6.45, 7) is 6.62. The van der Waals surface area contributed by atoms with Crippen LogP contribution in [0.25, 0.3) is 0 Å². The van der Waals surface area contributed by atoms with E-state index < -0.39 is 6.10 Å². The zero-order valence-corrected chi connectivity index (χ0v) is 39.5. The number of hydrogen-bond acceptors (Lipinski definition) is 6. The molecule has 0 aromatic heterocycles. The summed E-state index contributed by atoms with van der Waals surface area (Å²) in [5.74, 6) is -0.883. The van der Waals surface area contributed by atoms with E-state index in [2.05, 4.69) is 45.1 Å². The first-order valence-corrected chi connectivity index (χ1v) is 25.8. The number of hydrogen-bond donors (Lipinski definition) is 0. The average Bonchev–Trinajstić information content (AvgIpc) is 3.23. The molecule has 0 bridgehead atoms. The Kier molecular flexibility index (Phi) is 46.8. The lowest BCUT2D eigenvalue weighted by Gasteiger charge is -2.18. The molecule has 1 atom stereocenters. The molecule has 0 saturated carbocycles. The molecular formula is C53H98O6. The van der Waals surface area contributed by atoms with Gasteiger partial charge in [0.25, 0.3) is 0 Å². The topological polar surface area (TPSA) is 78.9 Å². The fraction of sp³-hybridized carbons (Fsp3) is 0.868. The molecule has 0 aliphatic carbocycles. The van der Waals surface area contributed by atoms with Gasteiger partial charge in [0, 0.05) is 19.3 Å². The van der Waals surface area contributed by atoms with Gasteiger partial charge in [0.1, 0.15) is 13.2 Å². The first kappa shape index (κ1) is 56.9. The van der Waals surface area contributed by atoms with Crippen LogP contribution in [0, 0.1) is 0 Å². The molecule has 6 nitrogen and oxygen atoms in total. The van der Waals surface area contributed by atoms with Gasteiger partial charge in [-0.1, -0.05) is 212 Å². The summed E-state index contributed by atoms with van der Waals surface area (Å²) < 4.78 is 16.8. The lowest BCUT2D eigenvalue weighted by molar-refractivity contribution is -0.167. The van der Waals surface area contributed by atoms with Crippen molar-refractivity contribution in [3.8, 4) is 0 Å². The van der Waals surface area contributed by atoms with Crippen molar-refractivity contribution in [2.75, 3.05) is 13.2 Å². The maximum Gasteiger partial charge on any atom is 0.306 e. The van der Waals surface area contributed by atoms with Crippen LogP contribution in [0.15, 0.2) is 24.3 Å². The molecule has 0 aromatic carbocycles. The fourth-order valence-electron chi connectivity index (χ4n) is 7.49. The number of carbonyl (C=O) groups is 3. The van der Waals surface area contributed by atoms with E-state index in [0.717, 1.165) is 70.6 Å². The summed E-state index contributed by atoms with van der Waals surface area (Å²) in [4.78, 5) is 37.9. The normalized spacial score (nSPS) is 12.1. The fourth-order valence-corrected chi connectivity index (χ4v) is 7.49. The first-order chi connectivity index (χ1) is 29.0. The third-order valence-corrected chi connectivity index (χ3v) is 11.4. The molecule has 0 saturated heterocycles. The SMILES string of the molecule is CCCCCCCCC/C=C\CCCCCCCC(=O)OCC(COC(=O)CCCCCCCCCCC)OC(=O)CCCCCCC/C=C\CCCCCCCCC. The number of unbranched alkanes of at least 4 members (excludes halogenated alkanes) is 32. The predicted octanol–water partition coefficient (Wildman–Crippen LogP) is 16.8. The van der Waals surface area contributed by atoms with E-state index in [-0.39, 0.29) is 31.1 Å². The van der Waals surface area contributed by atoms with Crippen molar-refractivity contribution in [2.24, 2.45) is 0 Å². The Balaban J connectivity index is 4.32. The molecular weight excluding hydrogens is 733 g/mol. The van der Waals surface area contributed by atoms with E-state index in [4.69, 9.17) is 14.2 Å². The summed E-state index contributed by atoms with van der Waals surface area (Å²) in [6, 6.07) is 0. The zero-order chi connectivity index (χ0) is 43.0. The number of allylic oxidation sites excluding steroid dienone is 4. The van der Waals surface area contributed by atoms with E-state index in [9.17, 15) is 14.4 Å². The smallest absolute Gasteiger partial charge is 0.306 e. The Morgan fingerprint density at radius 3 is 0.847 bits per heavy atom. The van der Waals surface area contributed by atoms with Gasteiger partial charge in [0.05, 0.1) is 0 Å². The Morgan fingerprint density at radius 1 is 0.322 bits per heavy atom. The van der Waals surface area contributed by atoms with Crippen LogP contribution in [-0.4, -0.2) is 37.2 Å². The molecule has 0 amide bonds. The third kappa shape index (κ3) is 46.8. The Morgan fingerprint density at radius 2 is 0.559 bits per heavy atom. The van der Waals surface area contributed by atoms with Crippen LogP contribution in [0.5, 0.6) is 0 Å². The van der Waals surface area contributed by atoms with Crippen LogP contribution in [-0.2, 0) is 28.6 Å². The largest absolute Gasteiger partial charge is 0.462 e. The minimum atomic E-state index is -0.773. The van der Waals surface area contributed by atoms with Gasteiger partial charge in [-0.15, -0.1) is 0 Å². The van der Waals surface area contributed by atoms with Crippen LogP contribution in [0.2, 0.25) is 0 Å². The molecule has 0 rings (SSSR count). The quantitative estimate of drug-likeness (QED) is 0.0263. The van der Waals surface area contributed by atoms with Gasteiger partial charge in [-0.3, -0.25) is 14.4 Å². The molecule has 0 aliphatic rings. The highest BCUT2D eigenvalue weighted by Crippen LogP contribution is 2.15. The van der Waals surface area contributed by atoms with Gasteiger partial charge in [-0.2, -0.15) is 0 Å². The monoisotopic (exact) mass is 831 g/mol. The lowest BCUT2D eigenvalue weighted by atomic mass is 10.1. The van der Waals surface area contributed by atoms with Crippen molar-refractivity contribution in [3.05, 3.63) is 24.3 Å². The molecule has 1 unspecified atom stereocenters. The standard InChI is InChI=1S/C53H98O6/c1-4-7-10-13-16-19-21-23-25-27-29-31-34-37-40-43-46-52(55)58-49-50(48-57-51(54)45-42-39-36-33-18-15-12-9-6-3)59-53(56)47-44-41-38-35-32-30-28-26-24-22-20-17-14-11-8-5-2/h25-28,50H,4-24,29-49H2,1-3H3/b27-25-,28-26-. The summed E-state index contributed by atoms with van der Waals surface area (Å²) in [7, 11) is 0. The van der Waals surface area contributed by atoms with E-state index in [1.165, 1.54) is 167 Å². The maximum atomic E-state index is 12.8. The molecule has 0 N–H and O–H groups in total. The molecule has 0 spiro atoms.